The third kappa shape index (κ3) is 30.6. The van der Waals surface area contributed by atoms with Gasteiger partial charge in [-0.1, -0.05) is 116 Å². The molecule has 0 radical (unpaired) electrons. The highest BCUT2D eigenvalue weighted by atomic mass is 31.2. The van der Waals surface area contributed by atoms with E-state index in [4.69, 9.17) is 24.3 Å². The van der Waals surface area contributed by atoms with Gasteiger partial charge in [0, 0.05) is 19.4 Å². The Morgan fingerprint density at radius 2 is 1.14 bits per heavy atom. The molecule has 0 fully saturated rings. The van der Waals surface area contributed by atoms with Gasteiger partial charge in [0.05, 0.1) is 13.2 Å². The molecule has 0 bridgehead atoms. The van der Waals surface area contributed by atoms with E-state index in [2.05, 4.69) is 26.0 Å². The fourth-order valence-corrected chi connectivity index (χ4v) is 5.33. The van der Waals surface area contributed by atoms with Crippen molar-refractivity contribution >= 4 is 19.8 Å². The lowest BCUT2D eigenvalue weighted by Gasteiger charge is -2.19. The zero-order valence-electron chi connectivity index (χ0n) is 27.4. The summed E-state index contributed by atoms with van der Waals surface area (Å²) in [6.07, 6.45) is 26.8. The number of unbranched alkanes of at least 4 members (excludes halogenated alkanes) is 17. The first-order valence-corrected chi connectivity index (χ1v) is 18.7. The van der Waals surface area contributed by atoms with Gasteiger partial charge in [0.1, 0.15) is 6.61 Å². The quantitative estimate of drug-likeness (QED) is 0.0323. The molecular formula is C33H64NO8P. The van der Waals surface area contributed by atoms with E-state index in [1.54, 1.807) is 0 Å². The molecule has 2 atom stereocenters. The number of ether oxygens (including phenoxy) is 2. The third-order valence-electron chi connectivity index (χ3n) is 7.15. The van der Waals surface area contributed by atoms with E-state index in [9.17, 15) is 19.0 Å². The Balaban J connectivity index is 4.27. The molecule has 0 aliphatic heterocycles. The molecule has 0 aromatic rings. The standard InChI is InChI=1S/C33H64NO8P/c1-3-5-7-9-11-13-14-15-16-17-18-20-22-24-26-33(36)42-31(30-41-43(37,38)40-28-27-34)29-39-32(35)25-23-21-19-12-10-8-6-4-2/h14-15,31H,3-13,16-30,34H2,1-2H3,(H,37,38)/b15-14-. The van der Waals surface area contributed by atoms with Crippen LogP contribution in [0.5, 0.6) is 0 Å². The summed E-state index contributed by atoms with van der Waals surface area (Å²) >= 11 is 0. The van der Waals surface area contributed by atoms with Gasteiger partial charge in [-0.3, -0.25) is 18.6 Å². The number of hydrogen-bond acceptors (Lipinski definition) is 8. The summed E-state index contributed by atoms with van der Waals surface area (Å²) in [6.45, 7) is 3.66. The predicted molar refractivity (Wildman–Crippen MR) is 174 cm³/mol. The van der Waals surface area contributed by atoms with Crippen LogP contribution in [0.1, 0.15) is 155 Å². The summed E-state index contributed by atoms with van der Waals surface area (Å²) in [5, 5.41) is 0. The first kappa shape index (κ1) is 41.8. The molecule has 0 rings (SSSR count). The minimum Gasteiger partial charge on any atom is -0.462 e. The van der Waals surface area contributed by atoms with E-state index >= 15 is 0 Å². The highest BCUT2D eigenvalue weighted by Gasteiger charge is 2.25. The Morgan fingerprint density at radius 1 is 0.674 bits per heavy atom. The average molecular weight is 634 g/mol. The number of esters is 2. The number of rotatable bonds is 32. The van der Waals surface area contributed by atoms with Crippen molar-refractivity contribution in [2.45, 2.75) is 161 Å². The van der Waals surface area contributed by atoms with Crippen LogP contribution in [0.15, 0.2) is 12.2 Å². The van der Waals surface area contributed by atoms with Crippen molar-refractivity contribution in [1.29, 1.82) is 0 Å². The lowest BCUT2D eigenvalue weighted by Crippen LogP contribution is -2.29. The van der Waals surface area contributed by atoms with Crippen LogP contribution < -0.4 is 5.73 Å². The molecular weight excluding hydrogens is 569 g/mol. The SMILES string of the molecule is CCCCCCC/C=C\CCCCCCCC(=O)OC(COC(=O)CCCCCCCCCC)COP(=O)(O)OCCN. The van der Waals surface area contributed by atoms with Crippen molar-refractivity contribution < 1.29 is 37.6 Å². The number of phosphoric ester groups is 1. The fraction of sp³-hybridized carbons (Fsp3) is 0.879. The first-order chi connectivity index (χ1) is 20.8. The van der Waals surface area contributed by atoms with E-state index in [-0.39, 0.29) is 38.6 Å². The number of allylic oxidation sites excluding steroid dienone is 2. The van der Waals surface area contributed by atoms with Crippen molar-refractivity contribution in [3.8, 4) is 0 Å². The minimum absolute atomic E-state index is 0.0541. The minimum atomic E-state index is -4.36. The van der Waals surface area contributed by atoms with Crippen LogP contribution >= 0.6 is 7.82 Å². The lowest BCUT2D eigenvalue weighted by atomic mass is 10.1. The number of phosphoric acid groups is 1. The molecule has 3 N–H and O–H groups in total. The maximum absolute atomic E-state index is 12.4. The zero-order chi connectivity index (χ0) is 31.9. The van der Waals surface area contributed by atoms with Crippen LogP contribution in [0, 0.1) is 0 Å². The Kier molecular flexibility index (Phi) is 29.9. The Labute approximate surface area is 262 Å². The molecule has 9 nitrogen and oxygen atoms in total. The molecule has 0 aliphatic rings. The monoisotopic (exact) mass is 633 g/mol. The van der Waals surface area contributed by atoms with Gasteiger partial charge in [-0.15, -0.1) is 0 Å². The molecule has 10 heteroatoms. The van der Waals surface area contributed by atoms with Crippen molar-refractivity contribution in [3.63, 3.8) is 0 Å². The summed E-state index contributed by atoms with van der Waals surface area (Å²) < 4.78 is 32.5. The summed E-state index contributed by atoms with van der Waals surface area (Å²) in [6, 6.07) is 0. The predicted octanol–water partition coefficient (Wildman–Crippen LogP) is 8.71. The molecule has 0 saturated heterocycles. The third-order valence-corrected chi connectivity index (χ3v) is 8.14. The van der Waals surface area contributed by atoms with Gasteiger partial charge in [0.25, 0.3) is 0 Å². The second-order valence-corrected chi connectivity index (χ2v) is 12.8. The van der Waals surface area contributed by atoms with Gasteiger partial charge in [-0.05, 0) is 38.5 Å². The normalized spacial score (nSPS) is 13.7. The average Bonchev–Trinajstić information content (AvgIpc) is 2.99. The molecule has 0 aliphatic carbocycles. The van der Waals surface area contributed by atoms with E-state index in [0.29, 0.717) is 6.42 Å². The summed E-state index contributed by atoms with van der Waals surface area (Å²) in [7, 11) is -4.36. The van der Waals surface area contributed by atoms with Crippen molar-refractivity contribution in [3.05, 3.63) is 12.2 Å². The molecule has 0 saturated carbocycles. The highest BCUT2D eigenvalue weighted by molar-refractivity contribution is 7.47. The first-order valence-electron chi connectivity index (χ1n) is 17.2. The van der Waals surface area contributed by atoms with Crippen LogP contribution in [0.3, 0.4) is 0 Å². The lowest BCUT2D eigenvalue weighted by molar-refractivity contribution is -0.161. The zero-order valence-corrected chi connectivity index (χ0v) is 28.3. The van der Waals surface area contributed by atoms with Gasteiger partial charge in [-0.2, -0.15) is 0 Å². The van der Waals surface area contributed by atoms with Gasteiger partial charge >= 0.3 is 19.8 Å². The molecule has 0 aromatic heterocycles. The Morgan fingerprint density at radius 3 is 1.65 bits per heavy atom. The summed E-state index contributed by atoms with van der Waals surface area (Å²) in [5.41, 5.74) is 5.31. The van der Waals surface area contributed by atoms with Crippen molar-refractivity contribution in [2.24, 2.45) is 5.73 Å². The number of carbonyl (C=O) groups excluding carboxylic acids is 2. The Hall–Kier alpha value is -1.25. The maximum atomic E-state index is 12.4. The number of nitrogens with two attached hydrogens (primary N) is 1. The number of hydrogen-bond donors (Lipinski definition) is 2. The van der Waals surface area contributed by atoms with E-state index < -0.39 is 26.5 Å². The van der Waals surface area contributed by atoms with E-state index in [0.717, 1.165) is 51.4 Å². The molecule has 2 unspecified atom stereocenters. The maximum Gasteiger partial charge on any atom is 0.472 e. The topological polar surface area (TPSA) is 134 Å². The van der Waals surface area contributed by atoms with Gasteiger partial charge < -0.3 is 20.1 Å². The summed E-state index contributed by atoms with van der Waals surface area (Å²) in [5.74, 6) is -0.842. The second kappa shape index (κ2) is 30.8. The van der Waals surface area contributed by atoms with Crippen molar-refractivity contribution in [2.75, 3.05) is 26.4 Å². The molecule has 0 aromatic carbocycles. The van der Waals surface area contributed by atoms with Gasteiger partial charge in [0.2, 0.25) is 0 Å². The van der Waals surface area contributed by atoms with Gasteiger partial charge in [-0.25, -0.2) is 4.57 Å². The van der Waals surface area contributed by atoms with E-state index in [1.165, 1.54) is 70.6 Å². The number of carbonyl (C=O) groups is 2. The smallest absolute Gasteiger partial charge is 0.462 e. The fourth-order valence-electron chi connectivity index (χ4n) is 4.57. The van der Waals surface area contributed by atoms with Crippen LogP contribution in [-0.4, -0.2) is 49.3 Å². The second-order valence-electron chi connectivity index (χ2n) is 11.4. The van der Waals surface area contributed by atoms with Crippen molar-refractivity contribution in [1.82, 2.24) is 0 Å². The largest absolute Gasteiger partial charge is 0.472 e. The molecule has 0 spiro atoms. The highest BCUT2D eigenvalue weighted by Crippen LogP contribution is 2.43. The molecule has 0 amide bonds. The van der Waals surface area contributed by atoms with Crippen LogP contribution in [-0.2, 0) is 32.7 Å². The van der Waals surface area contributed by atoms with E-state index in [1.807, 2.05) is 0 Å². The molecule has 43 heavy (non-hydrogen) atoms. The van der Waals surface area contributed by atoms with Crippen LogP contribution in [0.25, 0.3) is 0 Å². The Bertz CT molecular complexity index is 734. The summed E-state index contributed by atoms with van der Waals surface area (Å²) in [4.78, 5) is 34.5. The molecule has 254 valence electrons. The van der Waals surface area contributed by atoms with Crippen LogP contribution in [0.2, 0.25) is 0 Å². The van der Waals surface area contributed by atoms with Gasteiger partial charge in [0.15, 0.2) is 6.10 Å². The van der Waals surface area contributed by atoms with Crippen LogP contribution in [0.4, 0.5) is 0 Å². The molecule has 0 heterocycles.